The number of nitrogens with two attached hydrogens (primary N) is 1. The highest BCUT2D eigenvalue weighted by Crippen LogP contribution is 2.43. The molecule has 3 rings (SSSR count). The fraction of sp³-hybridized carbons (Fsp3) is 0.417. The lowest BCUT2D eigenvalue weighted by atomic mass is 10.2. The Labute approximate surface area is 124 Å². The second-order valence-corrected chi connectivity index (χ2v) is 6.26. The Morgan fingerprint density at radius 3 is 2.76 bits per heavy atom. The van der Waals surface area contributed by atoms with E-state index in [9.17, 15) is 10.1 Å². The molecular formula is C12H14N6O2S. The van der Waals surface area contributed by atoms with E-state index >= 15 is 0 Å². The Balaban J connectivity index is 1.83. The largest absolute Gasteiger partial charge is 0.378 e. The van der Waals surface area contributed by atoms with Gasteiger partial charge in [0.25, 0.3) is 0 Å². The summed E-state index contributed by atoms with van der Waals surface area (Å²) in [7, 11) is 0. The van der Waals surface area contributed by atoms with Gasteiger partial charge in [-0.2, -0.15) is 4.98 Å². The topological polar surface area (TPSA) is 120 Å². The van der Waals surface area contributed by atoms with Gasteiger partial charge in [0.15, 0.2) is 0 Å². The summed E-state index contributed by atoms with van der Waals surface area (Å²) in [5, 5.41) is 14.9. The van der Waals surface area contributed by atoms with Crippen molar-refractivity contribution in [1.29, 1.82) is 0 Å². The van der Waals surface area contributed by atoms with Crippen LogP contribution in [0.3, 0.4) is 0 Å². The smallest absolute Gasteiger partial charge is 0.329 e. The molecule has 0 bridgehead atoms. The molecule has 110 valence electrons. The summed E-state index contributed by atoms with van der Waals surface area (Å²) in [6.07, 6.45) is 5.21. The van der Waals surface area contributed by atoms with Crippen molar-refractivity contribution < 1.29 is 4.92 Å². The summed E-state index contributed by atoms with van der Waals surface area (Å²) in [4.78, 5) is 23.6. The molecular weight excluding hydrogens is 292 g/mol. The molecule has 2 heterocycles. The van der Waals surface area contributed by atoms with Crippen LogP contribution in [0, 0.1) is 23.0 Å². The highest BCUT2D eigenvalue weighted by molar-refractivity contribution is 7.11. The molecule has 3 N–H and O–H groups in total. The highest BCUT2D eigenvalue weighted by Gasteiger charge is 2.35. The fourth-order valence-electron chi connectivity index (χ4n) is 2.06. The number of hydrogen-bond donors (Lipinski definition) is 2. The first kappa shape index (κ1) is 13.7. The van der Waals surface area contributed by atoms with Crippen molar-refractivity contribution in [2.45, 2.75) is 25.8 Å². The van der Waals surface area contributed by atoms with Gasteiger partial charge in [0, 0.05) is 11.1 Å². The van der Waals surface area contributed by atoms with Crippen molar-refractivity contribution >= 4 is 28.8 Å². The zero-order valence-corrected chi connectivity index (χ0v) is 12.1. The van der Waals surface area contributed by atoms with Gasteiger partial charge in [-0.05, 0) is 25.7 Å². The van der Waals surface area contributed by atoms with Crippen molar-refractivity contribution in [3.05, 3.63) is 32.4 Å². The Bertz CT molecular complexity index is 684. The van der Waals surface area contributed by atoms with Crippen LogP contribution >= 0.6 is 11.3 Å². The van der Waals surface area contributed by atoms with E-state index < -0.39 is 4.92 Å². The van der Waals surface area contributed by atoms with Crippen molar-refractivity contribution in [3.63, 3.8) is 0 Å². The number of hydrogen-bond acceptors (Lipinski definition) is 8. The Hall–Kier alpha value is -2.29. The van der Waals surface area contributed by atoms with E-state index in [2.05, 4.69) is 20.3 Å². The maximum atomic E-state index is 10.7. The lowest BCUT2D eigenvalue weighted by Gasteiger charge is -2.15. The van der Waals surface area contributed by atoms with Crippen molar-refractivity contribution in [2.75, 3.05) is 11.1 Å². The SMILES string of the molecule is Cc1cnc([C@H](Nc2ncc([N+](=O)[O-])c(N)n2)C2CC2)s1. The molecule has 8 nitrogen and oxygen atoms in total. The summed E-state index contributed by atoms with van der Waals surface area (Å²) in [6, 6.07) is 0.0320. The molecule has 1 atom stereocenters. The van der Waals surface area contributed by atoms with Gasteiger partial charge in [-0.25, -0.2) is 9.97 Å². The average molecular weight is 306 g/mol. The van der Waals surface area contributed by atoms with Gasteiger partial charge in [-0.3, -0.25) is 10.1 Å². The lowest BCUT2D eigenvalue weighted by molar-refractivity contribution is -0.384. The Morgan fingerprint density at radius 1 is 1.48 bits per heavy atom. The van der Waals surface area contributed by atoms with Crippen LogP contribution in [0.25, 0.3) is 0 Å². The molecule has 1 aliphatic carbocycles. The summed E-state index contributed by atoms with van der Waals surface area (Å²) >= 11 is 1.63. The normalized spacial score (nSPS) is 15.7. The van der Waals surface area contributed by atoms with Gasteiger partial charge in [-0.1, -0.05) is 0 Å². The number of nitro groups is 1. The predicted octanol–water partition coefficient (Wildman–Crippen LogP) is 2.30. The van der Waals surface area contributed by atoms with Crippen molar-refractivity contribution in [2.24, 2.45) is 5.92 Å². The van der Waals surface area contributed by atoms with Crippen molar-refractivity contribution in [3.8, 4) is 0 Å². The quantitative estimate of drug-likeness (QED) is 0.642. The second-order valence-electron chi connectivity index (χ2n) is 4.99. The van der Waals surface area contributed by atoms with Crippen LogP contribution in [-0.4, -0.2) is 19.9 Å². The first-order chi connectivity index (χ1) is 10.0. The summed E-state index contributed by atoms with van der Waals surface area (Å²) in [5.74, 6) is 0.654. The van der Waals surface area contributed by atoms with E-state index in [1.165, 1.54) is 0 Å². The van der Waals surface area contributed by atoms with Crippen LogP contribution in [0.4, 0.5) is 17.5 Å². The van der Waals surface area contributed by atoms with E-state index in [4.69, 9.17) is 5.73 Å². The van der Waals surface area contributed by atoms with E-state index in [0.717, 1.165) is 28.9 Å². The monoisotopic (exact) mass is 306 g/mol. The standard InChI is InChI=1S/C12H14N6O2S/c1-6-4-14-11(21-6)9(7-2-3-7)16-12-15-5-8(18(19)20)10(13)17-12/h4-5,7,9H,2-3H2,1H3,(H3,13,15,16,17)/t9-/m1/s1. The van der Waals surface area contributed by atoms with E-state index in [0.29, 0.717) is 11.9 Å². The number of nitrogens with zero attached hydrogens (tertiary/aromatic N) is 4. The summed E-state index contributed by atoms with van der Waals surface area (Å²) in [6.45, 7) is 2.01. The van der Waals surface area contributed by atoms with Crippen LogP contribution in [0.1, 0.15) is 28.8 Å². The number of aryl methyl sites for hydroxylation is 1. The predicted molar refractivity (Wildman–Crippen MR) is 79.0 cm³/mol. The first-order valence-corrected chi connectivity index (χ1v) is 7.32. The number of aromatic nitrogens is 3. The van der Waals surface area contributed by atoms with Gasteiger partial charge < -0.3 is 11.1 Å². The highest BCUT2D eigenvalue weighted by atomic mass is 32.1. The molecule has 9 heteroatoms. The van der Waals surface area contributed by atoms with Gasteiger partial charge in [0.1, 0.15) is 11.2 Å². The third-order valence-corrected chi connectivity index (χ3v) is 4.27. The zero-order chi connectivity index (χ0) is 15.0. The third-order valence-electron chi connectivity index (χ3n) is 3.28. The summed E-state index contributed by atoms with van der Waals surface area (Å²) in [5.41, 5.74) is 5.30. The minimum Gasteiger partial charge on any atom is -0.378 e. The van der Waals surface area contributed by atoms with Gasteiger partial charge in [0.05, 0.1) is 11.0 Å². The number of nitrogens with one attached hydrogen (secondary N) is 1. The van der Waals surface area contributed by atoms with E-state index in [1.54, 1.807) is 11.3 Å². The Kier molecular flexibility index (Phi) is 3.42. The molecule has 0 aromatic carbocycles. The van der Waals surface area contributed by atoms with E-state index in [-0.39, 0.29) is 17.5 Å². The maximum Gasteiger partial charge on any atom is 0.329 e. The molecule has 0 saturated heterocycles. The molecule has 2 aromatic heterocycles. The molecule has 0 aliphatic heterocycles. The molecule has 1 saturated carbocycles. The van der Waals surface area contributed by atoms with Crippen LogP contribution in [-0.2, 0) is 0 Å². The van der Waals surface area contributed by atoms with Gasteiger partial charge >= 0.3 is 5.69 Å². The number of rotatable bonds is 5. The maximum absolute atomic E-state index is 10.7. The van der Waals surface area contributed by atoms with Gasteiger partial charge in [0.2, 0.25) is 11.8 Å². The summed E-state index contributed by atoms with van der Waals surface area (Å²) < 4.78 is 0. The fourth-order valence-corrected chi connectivity index (χ4v) is 2.98. The Morgan fingerprint density at radius 2 is 2.24 bits per heavy atom. The first-order valence-electron chi connectivity index (χ1n) is 6.50. The molecule has 0 radical (unpaired) electrons. The minimum absolute atomic E-state index is 0.0320. The third kappa shape index (κ3) is 2.92. The molecule has 0 unspecified atom stereocenters. The van der Waals surface area contributed by atoms with Crippen molar-refractivity contribution in [1.82, 2.24) is 15.0 Å². The molecule has 0 amide bonds. The molecule has 2 aromatic rings. The zero-order valence-electron chi connectivity index (χ0n) is 11.3. The van der Waals surface area contributed by atoms with E-state index in [1.807, 2.05) is 13.1 Å². The minimum atomic E-state index is -0.596. The second kappa shape index (κ2) is 5.24. The van der Waals surface area contributed by atoms with Gasteiger partial charge in [-0.15, -0.1) is 11.3 Å². The van der Waals surface area contributed by atoms with Crippen LogP contribution < -0.4 is 11.1 Å². The average Bonchev–Trinajstić information content (AvgIpc) is 3.17. The number of nitrogen functional groups attached to an aromatic ring is 1. The lowest BCUT2D eigenvalue weighted by Crippen LogP contribution is -2.15. The molecule has 0 spiro atoms. The molecule has 1 fully saturated rings. The van der Waals surface area contributed by atoms with Crippen LogP contribution in [0.2, 0.25) is 0 Å². The van der Waals surface area contributed by atoms with Crippen LogP contribution in [0.5, 0.6) is 0 Å². The number of anilines is 2. The molecule has 1 aliphatic rings. The number of thiazole rings is 1. The molecule has 21 heavy (non-hydrogen) atoms. The van der Waals surface area contributed by atoms with Crippen LogP contribution in [0.15, 0.2) is 12.4 Å².